The van der Waals surface area contributed by atoms with Crippen LogP contribution < -0.4 is 5.11 Å². The molecule has 2 amide bonds. The fourth-order valence-electron chi connectivity index (χ4n) is 2.65. The minimum Gasteiger partial charge on any atom is -0.550 e. The summed E-state index contributed by atoms with van der Waals surface area (Å²) >= 11 is 0. The average molecular weight is 250 g/mol. The minimum atomic E-state index is -0.987. The van der Waals surface area contributed by atoms with E-state index < -0.39 is 5.97 Å². The van der Waals surface area contributed by atoms with Crippen molar-refractivity contribution in [3.8, 4) is 0 Å². The van der Waals surface area contributed by atoms with Crippen molar-refractivity contribution in [2.75, 3.05) is 6.54 Å². The quantitative estimate of drug-likeness (QED) is 0.653. The molecular weight excluding hydrogens is 234 g/mol. The highest BCUT2D eigenvalue weighted by Crippen LogP contribution is 2.30. The van der Waals surface area contributed by atoms with Gasteiger partial charge in [0.15, 0.2) is 0 Å². The molecule has 0 radical (unpaired) electrons. The monoisotopic (exact) mass is 250 g/mol. The fourth-order valence-corrected chi connectivity index (χ4v) is 2.65. The topological polar surface area (TPSA) is 77.5 Å². The lowest BCUT2D eigenvalue weighted by Gasteiger charge is -2.31. The molecule has 2 rings (SSSR count). The molecule has 1 fully saturated rings. The van der Waals surface area contributed by atoms with Crippen LogP contribution in [0.2, 0.25) is 0 Å². The van der Waals surface area contributed by atoms with Gasteiger partial charge in [-0.2, -0.15) is 0 Å². The SMILES string of the molecule is CC1=CC(=O)N(CC2CCC(C(=O)[O-])CC2)C1=O. The number of carbonyl (C=O) groups is 3. The van der Waals surface area contributed by atoms with E-state index >= 15 is 0 Å². The zero-order valence-corrected chi connectivity index (χ0v) is 10.3. The van der Waals surface area contributed by atoms with Crippen molar-refractivity contribution < 1.29 is 19.5 Å². The van der Waals surface area contributed by atoms with Crippen LogP contribution in [0, 0.1) is 11.8 Å². The maximum absolute atomic E-state index is 11.7. The van der Waals surface area contributed by atoms with Gasteiger partial charge in [-0.1, -0.05) is 0 Å². The summed E-state index contributed by atoms with van der Waals surface area (Å²) in [4.78, 5) is 35.2. The molecule has 0 spiro atoms. The molecule has 1 aliphatic carbocycles. The Balaban J connectivity index is 1.88. The van der Waals surface area contributed by atoms with E-state index in [0.29, 0.717) is 25.0 Å². The van der Waals surface area contributed by atoms with E-state index in [1.165, 1.54) is 11.0 Å². The number of carbonyl (C=O) groups excluding carboxylic acids is 3. The molecule has 18 heavy (non-hydrogen) atoms. The molecule has 5 nitrogen and oxygen atoms in total. The lowest BCUT2D eigenvalue weighted by atomic mass is 9.82. The number of hydrogen-bond donors (Lipinski definition) is 0. The van der Waals surface area contributed by atoms with E-state index in [-0.39, 0.29) is 23.7 Å². The summed E-state index contributed by atoms with van der Waals surface area (Å²) < 4.78 is 0. The number of carboxylic acid groups (broad SMARTS) is 1. The number of imide groups is 1. The summed E-state index contributed by atoms with van der Waals surface area (Å²) in [6.45, 7) is 2.04. The zero-order valence-electron chi connectivity index (χ0n) is 10.3. The fraction of sp³-hybridized carbons (Fsp3) is 0.615. The van der Waals surface area contributed by atoms with Crippen LogP contribution in [0.1, 0.15) is 32.6 Å². The number of aliphatic carboxylic acids is 1. The maximum atomic E-state index is 11.7. The summed E-state index contributed by atoms with van der Waals surface area (Å²) in [6.07, 6.45) is 3.98. The third kappa shape index (κ3) is 2.44. The van der Waals surface area contributed by atoms with E-state index in [4.69, 9.17) is 0 Å². The predicted octanol–water partition coefficient (Wildman–Crippen LogP) is -0.142. The Morgan fingerprint density at radius 3 is 2.39 bits per heavy atom. The molecule has 0 bridgehead atoms. The molecule has 1 heterocycles. The minimum absolute atomic E-state index is 0.216. The van der Waals surface area contributed by atoms with E-state index in [2.05, 4.69) is 0 Å². The van der Waals surface area contributed by atoms with Crippen molar-refractivity contribution in [1.29, 1.82) is 0 Å². The van der Waals surface area contributed by atoms with Crippen LogP contribution in [0.15, 0.2) is 11.6 Å². The first-order chi connectivity index (χ1) is 8.49. The first kappa shape index (κ1) is 12.8. The van der Waals surface area contributed by atoms with Crippen LogP contribution in [-0.2, 0) is 14.4 Å². The Hall–Kier alpha value is -1.65. The number of rotatable bonds is 3. The Bertz CT molecular complexity index is 419. The summed E-state index contributed by atoms with van der Waals surface area (Å²) in [7, 11) is 0. The van der Waals surface area contributed by atoms with Crippen molar-refractivity contribution in [2.45, 2.75) is 32.6 Å². The molecular formula is C13H16NO4-. The van der Waals surface area contributed by atoms with Gasteiger partial charge < -0.3 is 9.90 Å². The molecule has 0 aromatic heterocycles. The third-order valence-electron chi connectivity index (χ3n) is 3.81. The summed E-state index contributed by atoms with van der Waals surface area (Å²) in [5.74, 6) is -1.61. The average Bonchev–Trinajstić information content (AvgIpc) is 2.57. The summed E-state index contributed by atoms with van der Waals surface area (Å²) in [5, 5.41) is 10.7. The molecule has 0 aromatic carbocycles. The molecule has 98 valence electrons. The second kappa shape index (κ2) is 4.92. The molecule has 1 saturated carbocycles. The van der Waals surface area contributed by atoms with Crippen LogP contribution >= 0.6 is 0 Å². The Morgan fingerprint density at radius 1 is 1.33 bits per heavy atom. The van der Waals surface area contributed by atoms with Crippen LogP contribution in [0.4, 0.5) is 0 Å². The summed E-state index contributed by atoms with van der Waals surface area (Å²) in [6, 6.07) is 0. The number of hydrogen-bond acceptors (Lipinski definition) is 4. The van der Waals surface area contributed by atoms with Gasteiger partial charge in [-0.05, 0) is 44.4 Å². The number of carboxylic acids is 1. The van der Waals surface area contributed by atoms with Gasteiger partial charge in [-0.25, -0.2) is 0 Å². The van der Waals surface area contributed by atoms with Crippen molar-refractivity contribution >= 4 is 17.8 Å². The van der Waals surface area contributed by atoms with Crippen molar-refractivity contribution in [3.05, 3.63) is 11.6 Å². The van der Waals surface area contributed by atoms with Gasteiger partial charge in [0.05, 0.1) is 0 Å². The molecule has 0 aromatic rings. The number of nitrogens with zero attached hydrogens (tertiary/aromatic N) is 1. The number of amides is 2. The first-order valence-electron chi connectivity index (χ1n) is 6.24. The zero-order chi connectivity index (χ0) is 13.3. The lowest BCUT2D eigenvalue weighted by molar-refractivity contribution is -0.312. The van der Waals surface area contributed by atoms with Crippen LogP contribution in [-0.4, -0.2) is 29.2 Å². The van der Waals surface area contributed by atoms with Gasteiger partial charge >= 0.3 is 0 Å². The van der Waals surface area contributed by atoms with E-state index in [9.17, 15) is 19.5 Å². The molecule has 5 heteroatoms. The van der Waals surface area contributed by atoms with E-state index in [1.807, 2.05) is 0 Å². The molecule has 0 atom stereocenters. The molecule has 2 aliphatic rings. The van der Waals surface area contributed by atoms with Gasteiger partial charge in [0.1, 0.15) is 0 Å². The van der Waals surface area contributed by atoms with Gasteiger partial charge in [0.2, 0.25) is 0 Å². The highest BCUT2D eigenvalue weighted by Gasteiger charge is 2.32. The second-order valence-electron chi connectivity index (χ2n) is 5.12. The molecule has 0 N–H and O–H groups in total. The first-order valence-corrected chi connectivity index (χ1v) is 6.24. The van der Waals surface area contributed by atoms with E-state index in [1.54, 1.807) is 6.92 Å². The Labute approximate surface area is 105 Å². The van der Waals surface area contributed by atoms with Crippen molar-refractivity contribution in [2.24, 2.45) is 11.8 Å². The Kier molecular flexibility index (Phi) is 3.50. The normalized spacial score (nSPS) is 28.5. The van der Waals surface area contributed by atoms with Gasteiger partial charge in [-0.15, -0.1) is 0 Å². The van der Waals surface area contributed by atoms with Crippen LogP contribution in [0.25, 0.3) is 0 Å². The predicted molar refractivity (Wildman–Crippen MR) is 60.9 cm³/mol. The standard InChI is InChI=1S/C13H17NO4/c1-8-6-11(15)14(12(8)16)7-9-2-4-10(5-3-9)13(17)18/h6,9-10H,2-5,7H2,1H3,(H,17,18)/p-1. The molecule has 0 unspecified atom stereocenters. The second-order valence-corrected chi connectivity index (χ2v) is 5.12. The van der Waals surface area contributed by atoms with Crippen LogP contribution in [0.3, 0.4) is 0 Å². The third-order valence-corrected chi connectivity index (χ3v) is 3.81. The smallest absolute Gasteiger partial charge is 0.256 e. The van der Waals surface area contributed by atoms with Crippen molar-refractivity contribution in [3.63, 3.8) is 0 Å². The van der Waals surface area contributed by atoms with Gasteiger partial charge in [0.25, 0.3) is 11.8 Å². The van der Waals surface area contributed by atoms with Gasteiger partial charge in [-0.3, -0.25) is 14.5 Å². The van der Waals surface area contributed by atoms with Gasteiger partial charge in [0, 0.05) is 24.2 Å². The summed E-state index contributed by atoms with van der Waals surface area (Å²) in [5.41, 5.74) is 0.475. The Morgan fingerprint density at radius 2 is 1.94 bits per heavy atom. The highest BCUT2D eigenvalue weighted by atomic mass is 16.4. The lowest BCUT2D eigenvalue weighted by Crippen LogP contribution is -2.39. The molecule has 0 saturated heterocycles. The maximum Gasteiger partial charge on any atom is 0.256 e. The highest BCUT2D eigenvalue weighted by molar-refractivity contribution is 6.15. The van der Waals surface area contributed by atoms with Crippen molar-refractivity contribution in [1.82, 2.24) is 4.90 Å². The van der Waals surface area contributed by atoms with E-state index in [0.717, 1.165) is 12.8 Å². The van der Waals surface area contributed by atoms with Crippen LogP contribution in [0.5, 0.6) is 0 Å². The largest absolute Gasteiger partial charge is 0.550 e. The molecule has 1 aliphatic heterocycles.